The maximum atomic E-state index is 8.90. The van der Waals surface area contributed by atoms with Crippen LogP contribution >= 0.6 is 0 Å². The third kappa shape index (κ3) is 2.08. The van der Waals surface area contributed by atoms with Gasteiger partial charge in [-0.05, 0) is 13.0 Å². The normalized spacial score (nSPS) is 10.4. The topological polar surface area (TPSA) is 67.6 Å². The van der Waals surface area contributed by atoms with Crippen molar-refractivity contribution in [1.29, 1.82) is 5.26 Å². The van der Waals surface area contributed by atoms with Crippen LogP contribution < -0.4 is 0 Å². The van der Waals surface area contributed by atoms with Gasteiger partial charge in [-0.2, -0.15) is 10.2 Å². The van der Waals surface area contributed by atoms with Crippen LogP contribution in [0.15, 0.2) is 41.1 Å². The Hall–Kier alpha value is -2.87. The van der Waals surface area contributed by atoms with Gasteiger partial charge in [-0.15, -0.1) is 0 Å². The summed E-state index contributed by atoms with van der Waals surface area (Å²) in [5.74, 6) is 0.948. The minimum atomic E-state index is 0.407. The van der Waals surface area contributed by atoms with Crippen LogP contribution in [0.25, 0.3) is 23.0 Å². The molecule has 0 amide bonds. The molecule has 98 valence electrons. The van der Waals surface area contributed by atoms with Crippen LogP contribution in [0.2, 0.25) is 0 Å². The summed E-state index contributed by atoms with van der Waals surface area (Å²) in [7, 11) is 1.84. The van der Waals surface area contributed by atoms with E-state index in [-0.39, 0.29) is 0 Å². The molecule has 0 atom stereocenters. The first kappa shape index (κ1) is 12.2. The number of nitriles is 1. The molecule has 20 heavy (non-hydrogen) atoms. The summed E-state index contributed by atoms with van der Waals surface area (Å²) in [6.07, 6.45) is 1.73. The van der Waals surface area contributed by atoms with Gasteiger partial charge in [-0.1, -0.05) is 35.0 Å². The summed E-state index contributed by atoms with van der Waals surface area (Å²) < 4.78 is 7.08. The molecule has 0 spiro atoms. The van der Waals surface area contributed by atoms with Gasteiger partial charge in [0, 0.05) is 18.8 Å². The molecule has 5 nitrogen and oxygen atoms in total. The van der Waals surface area contributed by atoms with Crippen molar-refractivity contribution < 1.29 is 4.52 Å². The molecule has 0 aliphatic carbocycles. The second-order valence-corrected chi connectivity index (χ2v) is 4.63. The van der Waals surface area contributed by atoms with Crippen molar-refractivity contribution in [3.63, 3.8) is 0 Å². The molecule has 5 heteroatoms. The highest BCUT2D eigenvalue weighted by molar-refractivity contribution is 5.59. The van der Waals surface area contributed by atoms with E-state index >= 15 is 0 Å². The first-order chi connectivity index (χ1) is 9.67. The molecule has 3 aromatic rings. The zero-order valence-electron chi connectivity index (χ0n) is 11.2. The lowest BCUT2D eigenvalue weighted by atomic mass is 10.1. The Bertz CT molecular complexity index is 790. The Labute approximate surface area is 116 Å². The monoisotopic (exact) mass is 264 g/mol. The van der Waals surface area contributed by atoms with E-state index in [2.05, 4.69) is 16.2 Å². The molecule has 0 aliphatic rings. The lowest BCUT2D eigenvalue weighted by Crippen LogP contribution is -1.89. The van der Waals surface area contributed by atoms with Crippen LogP contribution in [0.1, 0.15) is 11.1 Å². The van der Waals surface area contributed by atoms with Crippen molar-refractivity contribution in [2.75, 3.05) is 0 Å². The highest BCUT2D eigenvalue weighted by Crippen LogP contribution is 2.23. The van der Waals surface area contributed by atoms with Gasteiger partial charge in [0.2, 0.25) is 5.82 Å². The molecule has 0 saturated heterocycles. The number of benzene rings is 1. The molecule has 2 aromatic heterocycles. The zero-order chi connectivity index (χ0) is 14.1. The van der Waals surface area contributed by atoms with E-state index in [1.807, 2.05) is 38.2 Å². The van der Waals surface area contributed by atoms with E-state index in [9.17, 15) is 0 Å². The lowest BCUT2D eigenvalue weighted by Gasteiger charge is -1.95. The van der Waals surface area contributed by atoms with Gasteiger partial charge in [0.05, 0.1) is 5.56 Å². The first-order valence-corrected chi connectivity index (χ1v) is 6.15. The number of hydrogen-bond donors (Lipinski definition) is 0. The van der Waals surface area contributed by atoms with Gasteiger partial charge in [0.25, 0.3) is 5.89 Å². The van der Waals surface area contributed by atoms with E-state index in [4.69, 9.17) is 9.78 Å². The fraction of sp³-hybridized carbons (Fsp3) is 0.133. The van der Waals surface area contributed by atoms with E-state index in [0.29, 0.717) is 17.3 Å². The second-order valence-electron chi connectivity index (χ2n) is 4.63. The van der Waals surface area contributed by atoms with Crippen LogP contribution in [-0.2, 0) is 7.05 Å². The minimum absolute atomic E-state index is 0.407. The molecule has 0 N–H and O–H groups in total. The summed E-state index contributed by atoms with van der Waals surface area (Å²) in [6, 6.07) is 11.7. The predicted octanol–water partition coefficient (Wildman–Crippen LogP) is 2.92. The van der Waals surface area contributed by atoms with Crippen molar-refractivity contribution in [2.45, 2.75) is 6.92 Å². The van der Waals surface area contributed by atoms with E-state index in [1.165, 1.54) is 5.56 Å². The standard InChI is InChI=1S/C15H12N4O/c1-10-3-5-12(6-4-10)14-17-15(20-18-14)13-7-11(8-16)9-19(13)2/h3-7,9H,1-2H3. The molecule has 3 rings (SSSR count). The van der Waals surface area contributed by atoms with Crippen LogP contribution in [0.4, 0.5) is 0 Å². The van der Waals surface area contributed by atoms with Gasteiger partial charge >= 0.3 is 0 Å². The smallest absolute Gasteiger partial charge is 0.274 e. The largest absolute Gasteiger partial charge is 0.345 e. The van der Waals surface area contributed by atoms with Crippen molar-refractivity contribution in [2.24, 2.45) is 7.05 Å². The van der Waals surface area contributed by atoms with Gasteiger partial charge in [0.15, 0.2) is 0 Å². The van der Waals surface area contributed by atoms with Crippen LogP contribution in [0.5, 0.6) is 0 Å². The molecular formula is C15H12N4O. The molecule has 0 fully saturated rings. The highest BCUT2D eigenvalue weighted by Gasteiger charge is 2.14. The Kier molecular flexibility index (Phi) is 2.84. The summed E-state index contributed by atoms with van der Waals surface area (Å²) in [6.45, 7) is 2.03. The summed E-state index contributed by atoms with van der Waals surface area (Å²) in [5.41, 5.74) is 3.38. The Balaban J connectivity index is 1.99. The number of aromatic nitrogens is 3. The van der Waals surface area contributed by atoms with Gasteiger partial charge in [0.1, 0.15) is 11.8 Å². The highest BCUT2D eigenvalue weighted by atomic mass is 16.5. The van der Waals surface area contributed by atoms with Crippen molar-refractivity contribution in [3.8, 4) is 29.0 Å². The number of hydrogen-bond acceptors (Lipinski definition) is 4. The molecule has 0 unspecified atom stereocenters. The van der Waals surface area contributed by atoms with Crippen LogP contribution in [0.3, 0.4) is 0 Å². The quantitative estimate of drug-likeness (QED) is 0.713. The molecule has 0 aliphatic heterocycles. The third-order valence-electron chi connectivity index (χ3n) is 3.09. The van der Waals surface area contributed by atoms with E-state index < -0.39 is 0 Å². The third-order valence-corrected chi connectivity index (χ3v) is 3.09. The zero-order valence-corrected chi connectivity index (χ0v) is 11.2. The summed E-state index contributed by atoms with van der Waals surface area (Å²) in [5, 5.41) is 12.9. The predicted molar refractivity (Wildman–Crippen MR) is 73.6 cm³/mol. The Morgan fingerprint density at radius 3 is 2.65 bits per heavy atom. The van der Waals surface area contributed by atoms with Crippen LogP contribution in [-0.4, -0.2) is 14.7 Å². The summed E-state index contributed by atoms with van der Waals surface area (Å²) in [4.78, 5) is 4.38. The lowest BCUT2D eigenvalue weighted by molar-refractivity contribution is 0.429. The molecular weight excluding hydrogens is 252 g/mol. The van der Waals surface area contributed by atoms with Gasteiger partial charge < -0.3 is 9.09 Å². The summed E-state index contributed by atoms with van der Waals surface area (Å²) >= 11 is 0. The molecule has 2 heterocycles. The number of nitrogens with zero attached hydrogens (tertiary/aromatic N) is 4. The SMILES string of the molecule is Cc1ccc(-c2noc(-c3cc(C#N)cn3C)n2)cc1. The van der Waals surface area contributed by atoms with E-state index in [0.717, 1.165) is 11.3 Å². The first-order valence-electron chi connectivity index (χ1n) is 6.15. The fourth-order valence-corrected chi connectivity index (χ4v) is 1.99. The van der Waals surface area contributed by atoms with E-state index in [1.54, 1.807) is 16.8 Å². The van der Waals surface area contributed by atoms with Crippen molar-refractivity contribution >= 4 is 0 Å². The number of aryl methyl sites for hydroxylation is 2. The molecule has 1 aromatic carbocycles. The fourth-order valence-electron chi connectivity index (χ4n) is 1.99. The average Bonchev–Trinajstić information content (AvgIpc) is 3.06. The molecule has 0 radical (unpaired) electrons. The Morgan fingerprint density at radius 1 is 1.25 bits per heavy atom. The minimum Gasteiger partial charge on any atom is -0.345 e. The number of rotatable bonds is 2. The van der Waals surface area contributed by atoms with Gasteiger partial charge in [-0.3, -0.25) is 0 Å². The maximum absolute atomic E-state index is 8.90. The molecule has 0 saturated carbocycles. The molecule has 0 bridgehead atoms. The Morgan fingerprint density at radius 2 is 2.00 bits per heavy atom. The van der Waals surface area contributed by atoms with Crippen molar-refractivity contribution in [1.82, 2.24) is 14.7 Å². The average molecular weight is 264 g/mol. The van der Waals surface area contributed by atoms with Gasteiger partial charge in [-0.25, -0.2) is 0 Å². The van der Waals surface area contributed by atoms with Crippen LogP contribution in [0, 0.1) is 18.3 Å². The second kappa shape index (κ2) is 4.67. The van der Waals surface area contributed by atoms with Crippen molar-refractivity contribution in [3.05, 3.63) is 47.7 Å². The maximum Gasteiger partial charge on any atom is 0.274 e.